The number of benzene rings is 1. The maximum atomic E-state index is 13.5. The van der Waals surface area contributed by atoms with Gasteiger partial charge in [0.15, 0.2) is 20.8 Å². The summed E-state index contributed by atoms with van der Waals surface area (Å²) in [6, 6.07) is 4.14. The molecule has 1 aliphatic carbocycles. The fourth-order valence-electron chi connectivity index (χ4n) is 5.74. The second-order valence-electron chi connectivity index (χ2n) is 12.8. The van der Waals surface area contributed by atoms with Crippen LogP contribution >= 0.6 is 0 Å². The average molecular weight is 578 g/mol. The molecule has 2 aromatic heterocycles. The molecule has 0 amide bonds. The minimum atomic E-state index is -4.51. The Morgan fingerprint density at radius 2 is 1.82 bits per heavy atom. The topological polar surface area (TPSA) is 67.6 Å². The average Bonchev–Trinajstić information content (AvgIpc) is 3.40. The van der Waals surface area contributed by atoms with Gasteiger partial charge in [-0.05, 0) is 68.6 Å². The molecule has 0 radical (unpaired) electrons. The van der Waals surface area contributed by atoms with Crippen LogP contribution in [0.25, 0.3) is 22.3 Å². The first-order valence-corrected chi connectivity index (χ1v) is 16.5. The molecule has 11 heteroatoms. The van der Waals surface area contributed by atoms with Crippen LogP contribution in [0.15, 0.2) is 18.2 Å². The number of hydrogen-bond donors (Lipinski definition) is 0. The smallest absolute Gasteiger partial charge is 0.416 e. The molecule has 3 aromatic rings. The Hall–Kier alpha value is -2.63. The van der Waals surface area contributed by atoms with E-state index in [1.807, 2.05) is 6.07 Å². The molecule has 0 saturated heterocycles. The Morgan fingerprint density at radius 3 is 2.45 bits per heavy atom. The third-order valence-corrected chi connectivity index (χ3v) is 13.2. The Bertz CT molecular complexity index is 1440. The van der Waals surface area contributed by atoms with E-state index in [1.54, 1.807) is 6.92 Å². The summed E-state index contributed by atoms with van der Waals surface area (Å²) in [5, 5.41) is 10.0. The van der Waals surface area contributed by atoms with Crippen LogP contribution in [0.4, 0.5) is 13.2 Å². The van der Waals surface area contributed by atoms with Crippen molar-refractivity contribution >= 4 is 19.4 Å². The van der Waals surface area contributed by atoms with Gasteiger partial charge >= 0.3 is 6.18 Å². The molecule has 0 unspecified atom stereocenters. The third-order valence-electron chi connectivity index (χ3n) is 8.61. The first-order chi connectivity index (χ1) is 18.5. The zero-order valence-electron chi connectivity index (χ0n) is 24.5. The number of halogens is 3. The molecule has 0 N–H and O–H groups in total. The number of alkyl halides is 3. The molecule has 218 valence electrons. The first-order valence-electron chi connectivity index (χ1n) is 13.6. The second kappa shape index (κ2) is 9.73. The number of ether oxygens (including phenoxy) is 3. The fourth-order valence-corrected chi connectivity index (χ4v) is 7.44. The highest BCUT2D eigenvalue weighted by Crippen LogP contribution is 2.52. The van der Waals surface area contributed by atoms with Gasteiger partial charge in [-0.3, -0.25) is 0 Å². The summed E-state index contributed by atoms with van der Waals surface area (Å²) in [5.74, 6) is 0.811. The van der Waals surface area contributed by atoms with Gasteiger partial charge < -0.3 is 23.2 Å². The van der Waals surface area contributed by atoms with E-state index >= 15 is 0 Å². The summed E-state index contributed by atoms with van der Waals surface area (Å²) in [6.45, 7) is 15.5. The van der Waals surface area contributed by atoms with Crippen molar-refractivity contribution in [3.05, 3.63) is 35.0 Å². The van der Waals surface area contributed by atoms with E-state index in [9.17, 15) is 13.2 Å². The van der Waals surface area contributed by atoms with Crippen LogP contribution in [-0.2, 0) is 21.8 Å². The second-order valence-corrected chi connectivity index (χ2v) is 17.5. The van der Waals surface area contributed by atoms with Gasteiger partial charge in [0.1, 0.15) is 11.5 Å². The molecular weight excluding hydrogens is 539 g/mol. The number of nitrogens with zero attached hydrogens (tertiary/aromatic N) is 3. The van der Waals surface area contributed by atoms with Crippen LogP contribution in [0.3, 0.4) is 0 Å². The lowest BCUT2D eigenvalue weighted by molar-refractivity contribution is -0.137. The van der Waals surface area contributed by atoms with Gasteiger partial charge in [-0.25, -0.2) is 0 Å². The summed E-state index contributed by atoms with van der Waals surface area (Å²) < 4.78 is 66.3. The van der Waals surface area contributed by atoms with E-state index in [2.05, 4.69) is 55.6 Å². The maximum Gasteiger partial charge on any atom is 0.416 e. The van der Waals surface area contributed by atoms with Crippen LogP contribution in [0.5, 0.6) is 11.5 Å². The van der Waals surface area contributed by atoms with Crippen LogP contribution in [0.1, 0.15) is 63.4 Å². The highest BCUT2D eigenvalue weighted by Gasteiger charge is 2.50. The Morgan fingerprint density at radius 1 is 1.12 bits per heavy atom. The standard InChI is InChI=1S/C29H38F3N3O4Si/c1-17-11-18(29(30,31)32)12-23(38-16-36-6)24(17)21-13-20-25-22(9-10-37-25)35(26(20)34-33-21)19-14-28(5,15-19)39-40(7,8)27(2,3)4/h11-13,19H,9-10,14-16H2,1-8H3. The molecule has 0 atom stereocenters. The predicted molar refractivity (Wildman–Crippen MR) is 149 cm³/mol. The van der Waals surface area contributed by atoms with E-state index in [1.165, 1.54) is 7.11 Å². The van der Waals surface area contributed by atoms with E-state index in [0.717, 1.165) is 53.9 Å². The molecule has 1 aromatic carbocycles. The zero-order valence-corrected chi connectivity index (χ0v) is 25.5. The van der Waals surface area contributed by atoms with Crippen molar-refractivity contribution in [3.63, 3.8) is 0 Å². The van der Waals surface area contributed by atoms with Gasteiger partial charge in [-0.15, -0.1) is 10.2 Å². The Kier molecular flexibility index (Phi) is 7.03. The minimum Gasteiger partial charge on any atom is -0.491 e. The zero-order chi connectivity index (χ0) is 29.3. The van der Waals surface area contributed by atoms with Gasteiger partial charge in [-0.2, -0.15) is 13.2 Å². The summed E-state index contributed by atoms with van der Waals surface area (Å²) in [4.78, 5) is 0. The van der Waals surface area contributed by atoms with Crippen molar-refractivity contribution in [1.29, 1.82) is 0 Å². The molecular formula is C29H38F3N3O4Si. The molecule has 0 spiro atoms. The number of rotatable bonds is 7. The van der Waals surface area contributed by atoms with Crippen LogP contribution < -0.4 is 9.47 Å². The third kappa shape index (κ3) is 5.00. The highest BCUT2D eigenvalue weighted by molar-refractivity contribution is 6.74. The molecule has 0 bridgehead atoms. The van der Waals surface area contributed by atoms with Crippen molar-refractivity contribution in [1.82, 2.24) is 14.8 Å². The van der Waals surface area contributed by atoms with Gasteiger partial charge in [0.05, 0.1) is 34.5 Å². The Labute approximate surface area is 234 Å². The van der Waals surface area contributed by atoms with Crippen LogP contribution in [0.2, 0.25) is 18.1 Å². The van der Waals surface area contributed by atoms with E-state index in [0.29, 0.717) is 23.4 Å². The number of methoxy groups -OCH3 is 1. The monoisotopic (exact) mass is 577 g/mol. The van der Waals surface area contributed by atoms with Crippen molar-refractivity contribution in [2.45, 2.75) is 89.8 Å². The number of aromatic nitrogens is 3. The lowest BCUT2D eigenvalue weighted by atomic mass is 9.77. The largest absolute Gasteiger partial charge is 0.491 e. The minimum absolute atomic E-state index is 0.0392. The predicted octanol–water partition coefficient (Wildman–Crippen LogP) is 7.46. The number of fused-ring (bicyclic) bond motifs is 3. The summed E-state index contributed by atoms with van der Waals surface area (Å²) >= 11 is 0. The SMILES string of the molecule is COCOc1cc(C(F)(F)F)cc(C)c1-c1cc2c3c(n(C4CC(C)(O[Si](C)(C)C(C)(C)C)C4)c2nn1)CCO3. The van der Waals surface area contributed by atoms with Crippen LogP contribution in [-0.4, -0.2) is 49.2 Å². The highest BCUT2D eigenvalue weighted by atomic mass is 28.4. The lowest BCUT2D eigenvalue weighted by Crippen LogP contribution is -2.54. The quantitative estimate of drug-likeness (QED) is 0.215. The summed E-state index contributed by atoms with van der Waals surface area (Å²) in [7, 11) is -0.518. The van der Waals surface area contributed by atoms with E-state index in [-0.39, 0.29) is 29.2 Å². The van der Waals surface area contributed by atoms with E-state index in [4.69, 9.17) is 18.6 Å². The first kappa shape index (κ1) is 28.9. The molecule has 40 heavy (non-hydrogen) atoms. The molecule has 1 fully saturated rings. The van der Waals surface area contributed by atoms with Crippen molar-refractivity contribution in [2.75, 3.05) is 20.5 Å². The van der Waals surface area contributed by atoms with Gasteiger partial charge in [0, 0.05) is 25.1 Å². The maximum absolute atomic E-state index is 13.5. The normalized spacial score (nSPS) is 21.3. The summed E-state index contributed by atoms with van der Waals surface area (Å²) in [6.07, 6.45) is -2.02. The fraction of sp³-hybridized carbons (Fsp3) is 0.586. The molecule has 5 rings (SSSR count). The van der Waals surface area contributed by atoms with Crippen molar-refractivity contribution in [2.24, 2.45) is 0 Å². The lowest BCUT2D eigenvalue weighted by Gasteiger charge is -2.52. The van der Waals surface area contributed by atoms with Crippen molar-refractivity contribution < 1.29 is 31.8 Å². The van der Waals surface area contributed by atoms with Crippen LogP contribution in [0, 0.1) is 6.92 Å². The molecule has 7 nitrogen and oxygen atoms in total. The molecule has 2 aliphatic rings. The Balaban J connectivity index is 1.52. The van der Waals surface area contributed by atoms with E-state index < -0.39 is 20.1 Å². The molecule has 3 heterocycles. The number of aryl methyl sites for hydroxylation is 1. The van der Waals surface area contributed by atoms with Gasteiger partial charge in [-0.1, -0.05) is 20.8 Å². The number of hydrogen-bond acceptors (Lipinski definition) is 6. The molecule has 1 aliphatic heterocycles. The van der Waals surface area contributed by atoms with Gasteiger partial charge in [0.2, 0.25) is 0 Å². The van der Waals surface area contributed by atoms with Crippen molar-refractivity contribution in [3.8, 4) is 22.8 Å². The summed E-state index contributed by atoms with van der Waals surface area (Å²) in [5.41, 5.74) is 2.05. The molecule has 1 saturated carbocycles. The van der Waals surface area contributed by atoms with Gasteiger partial charge in [0.25, 0.3) is 0 Å².